The molecule has 0 spiro atoms. The van der Waals surface area contributed by atoms with Crippen molar-refractivity contribution in [2.45, 2.75) is 23.8 Å². The fourth-order valence-corrected chi connectivity index (χ4v) is 4.52. The third-order valence-corrected chi connectivity index (χ3v) is 6.40. The summed E-state index contributed by atoms with van der Waals surface area (Å²) in [5.74, 6) is 0.205. The van der Waals surface area contributed by atoms with Crippen molar-refractivity contribution in [3.8, 4) is 5.75 Å². The quantitative estimate of drug-likeness (QED) is 0.514. The van der Waals surface area contributed by atoms with Gasteiger partial charge in [0.2, 0.25) is 15.9 Å². The molecule has 0 saturated heterocycles. The highest BCUT2D eigenvalue weighted by molar-refractivity contribution is 7.89. The van der Waals surface area contributed by atoms with Crippen LogP contribution in [0.2, 0.25) is 0 Å². The number of fused-ring (bicyclic) bond motifs is 1. The number of sulfonamides is 1. The van der Waals surface area contributed by atoms with E-state index >= 15 is 0 Å². The molecular formula is C22H23N3O4S. The van der Waals surface area contributed by atoms with E-state index in [9.17, 15) is 13.2 Å². The Labute approximate surface area is 175 Å². The molecule has 7 nitrogen and oxygen atoms in total. The first-order valence-corrected chi connectivity index (χ1v) is 11.2. The molecule has 0 aliphatic heterocycles. The molecule has 156 valence electrons. The summed E-state index contributed by atoms with van der Waals surface area (Å²) in [4.78, 5) is 12.7. The van der Waals surface area contributed by atoms with Crippen LogP contribution in [0.3, 0.4) is 0 Å². The van der Waals surface area contributed by atoms with Gasteiger partial charge in [-0.1, -0.05) is 36.4 Å². The molecule has 3 aromatic rings. The van der Waals surface area contributed by atoms with Gasteiger partial charge in [0.05, 0.1) is 24.2 Å². The minimum Gasteiger partial charge on any atom is -0.495 e. The maximum Gasteiger partial charge on any atom is 0.243 e. The van der Waals surface area contributed by atoms with Crippen molar-refractivity contribution in [3.05, 3.63) is 60.7 Å². The van der Waals surface area contributed by atoms with Gasteiger partial charge in [-0.3, -0.25) is 4.79 Å². The van der Waals surface area contributed by atoms with E-state index in [0.29, 0.717) is 11.4 Å². The molecule has 3 N–H and O–H groups in total. The Bertz CT molecular complexity index is 1180. The van der Waals surface area contributed by atoms with Gasteiger partial charge in [-0.05, 0) is 42.5 Å². The number of anilines is 2. The molecule has 30 heavy (non-hydrogen) atoms. The maximum absolute atomic E-state index is 12.5. The Balaban J connectivity index is 1.48. The summed E-state index contributed by atoms with van der Waals surface area (Å²) in [7, 11) is -2.11. The first kappa shape index (κ1) is 20.2. The highest BCUT2D eigenvalue weighted by atomic mass is 32.2. The first-order valence-electron chi connectivity index (χ1n) is 9.68. The van der Waals surface area contributed by atoms with Gasteiger partial charge in [0.1, 0.15) is 5.75 Å². The van der Waals surface area contributed by atoms with Gasteiger partial charge in [-0.15, -0.1) is 0 Å². The number of hydrogen-bond donors (Lipinski definition) is 3. The number of ether oxygens (including phenoxy) is 1. The zero-order valence-electron chi connectivity index (χ0n) is 16.5. The van der Waals surface area contributed by atoms with Gasteiger partial charge >= 0.3 is 0 Å². The SMILES string of the molecule is COc1ccc(S(=O)(=O)NC2CC2)cc1NCC(=O)Nc1cccc2ccccc12. The Morgan fingerprint density at radius 1 is 1.03 bits per heavy atom. The van der Waals surface area contributed by atoms with Gasteiger partial charge < -0.3 is 15.4 Å². The molecule has 0 heterocycles. The van der Waals surface area contributed by atoms with Crippen LogP contribution < -0.4 is 20.1 Å². The molecule has 1 amide bonds. The van der Waals surface area contributed by atoms with Crippen LogP contribution in [-0.4, -0.2) is 34.0 Å². The third-order valence-electron chi connectivity index (χ3n) is 4.88. The normalized spacial score (nSPS) is 13.8. The largest absolute Gasteiger partial charge is 0.495 e. The van der Waals surface area contributed by atoms with Gasteiger partial charge in [0, 0.05) is 17.1 Å². The molecule has 0 bridgehead atoms. The minimum absolute atomic E-state index is 0.0139. The van der Waals surface area contributed by atoms with Crippen molar-refractivity contribution < 1.29 is 17.9 Å². The van der Waals surface area contributed by atoms with E-state index in [1.165, 1.54) is 19.2 Å². The number of amides is 1. The van der Waals surface area contributed by atoms with Crippen LogP contribution in [-0.2, 0) is 14.8 Å². The van der Waals surface area contributed by atoms with Crippen LogP contribution in [0.1, 0.15) is 12.8 Å². The molecule has 3 aromatic carbocycles. The molecule has 0 unspecified atom stereocenters. The summed E-state index contributed by atoms with van der Waals surface area (Å²) in [6, 6.07) is 18.1. The highest BCUT2D eigenvalue weighted by Crippen LogP contribution is 2.29. The summed E-state index contributed by atoms with van der Waals surface area (Å²) < 4.78 is 32.9. The van der Waals surface area contributed by atoms with E-state index in [4.69, 9.17) is 4.74 Å². The monoisotopic (exact) mass is 425 g/mol. The van der Waals surface area contributed by atoms with E-state index in [0.717, 1.165) is 29.3 Å². The number of rotatable bonds is 8. The summed E-state index contributed by atoms with van der Waals surface area (Å²) in [6.07, 6.45) is 1.71. The highest BCUT2D eigenvalue weighted by Gasteiger charge is 2.28. The Hall–Kier alpha value is -3.10. The second kappa shape index (κ2) is 8.33. The third kappa shape index (κ3) is 4.55. The second-order valence-corrected chi connectivity index (χ2v) is 8.90. The fraction of sp³-hybridized carbons (Fsp3) is 0.227. The first-order chi connectivity index (χ1) is 14.5. The fourth-order valence-electron chi connectivity index (χ4n) is 3.19. The van der Waals surface area contributed by atoms with Crippen molar-refractivity contribution in [3.63, 3.8) is 0 Å². The zero-order chi connectivity index (χ0) is 21.1. The molecule has 1 fully saturated rings. The van der Waals surface area contributed by atoms with Crippen LogP contribution in [0.25, 0.3) is 10.8 Å². The molecule has 8 heteroatoms. The smallest absolute Gasteiger partial charge is 0.243 e. The molecular weight excluding hydrogens is 402 g/mol. The van der Waals surface area contributed by atoms with Gasteiger partial charge in [0.25, 0.3) is 0 Å². The second-order valence-electron chi connectivity index (χ2n) is 7.19. The Morgan fingerprint density at radius 3 is 2.57 bits per heavy atom. The zero-order valence-corrected chi connectivity index (χ0v) is 17.3. The van der Waals surface area contributed by atoms with Crippen molar-refractivity contribution in [2.24, 2.45) is 0 Å². The lowest BCUT2D eigenvalue weighted by Gasteiger charge is -2.14. The lowest BCUT2D eigenvalue weighted by molar-refractivity contribution is -0.114. The molecule has 1 aliphatic carbocycles. The number of hydrogen-bond acceptors (Lipinski definition) is 5. The summed E-state index contributed by atoms with van der Waals surface area (Å²) >= 11 is 0. The summed E-state index contributed by atoms with van der Waals surface area (Å²) in [5.41, 5.74) is 1.15. The van der Waals surface area contributed by atoms with E-state index in [2.05, 4.69) is 15.4 Å². The Morgan fingerprint density at radius 2 is 1.80 bits per heavy atom. The summed E-state index contributed by atoms with van der Waals surface area (Å²) in [6.45, 7) is -0.0425. The number of methoxy groups -OCH3 is 1. The topological polar surface area (TPSA) is 96.5 Å². The minimum atomic E-state index is -3.60. The van der Waals surface area contributed by atoms with Gasteiger partial charge in [0.15, 0.2) is 0 Å². The van der Waals surface area contributed by atoms with E-state index < -0.39 is 10.0 Å². The number of nitrogens with one attached hydrogen (secondary N) is 3. The van der Waals surface area contributed by atoms with Crippen molar-refractivity contribution in [1.29, 1.82) is 0 Å². The average Bonchev–Trinajstić information content (AvgIpc) is 3.55. The van der Waals surface area contributed by atoms with E-state index in [-0.39, 0.29) is 23.4 Å². The van der Waals surface area contributed by atoms with Crippen molar-refractivity contribution in [1.82, 2.24) is 4.72 Å². The number of carbonyl (C=O) groups excluding carboxylic acids is 1. The predicted molar refractivity (Wildman–Crippen MR) is 117 cm³/mol. The van der Waals surface area contributed by atoms with Gasteiger partial charge in [-0.25, -0.2) is 13.1 Å². The van der Waals surface area contributed by atoms with Crippen molar-refractivity contribution in [2.75, 3.05) is 24.3 Å². The predicted octanol–water partition coefficient (Wildman–Crippen LogP) is 3.34. The molecule has 4 rings (SSSR count). The van der Waals surface area contributed by atoms with Crippen LogP contribution in [0, 0.1) is 0 Å². The van der Waals surface area contributed by atoms with Crippen molar-refractivity contribution >= 4 is 38.1 Å². The lowest BCUT2D eigenvalue weighted by atomic mass is 10.1. The molecule has 0 radical (unpaired) electrons. The van der Waals surface area contributed by atoms with E-state index in [1.54, 1.807) is 6.07 Å². The molecule has 0 atom stereocenters. The molecule has 1 aliphatic rings. The molecule has 0 aromatic heterocycles. The van der Waals surface area contributed by atoms with Crippen LogP contribution in [0.5, 0.6) is 5.75 Å². The van der Waals surface area contributed by atoms with E-state index in [1.807, 2.05) is 42.5 Å². The van der Waals surface area contributed by atoms with Crippen LogP contribution >= 0.6 is 0 Å². The maximum atomic E-state index is 12.5. The number of benzene rings is 3. The lowest BCUT2D eigenvalue weighted by Crippen LogP contribution is -2.26. The standard InChI is InChI=1S/C22H23N3O4S/c1-29-21-12-11-17(30(27,28)25-16-9-10-16)13-20(21)23-14-22(26)24-19-8-4-6-15-5-2-3-7-18(15)19/h2-8,11-13,16,23,25H,9-10,14H2,1H3,(H,24,26). The van der Waals surface area contributed by atoms with Gasteiger partial charge in [-0.2, -0.15) is 0 Å². The summed E-state index contributed by atoms with van der Waals surface area (Å²) in [5, 5.41) is 7.87. The van der Waals surface area contributed by atoms with Crippen LogP contribution in [0.4, 0.5) is 11.4 Å². The average molecular weight is 426 g/mol. The molecule has 1 saturated carbocycles. The Kier molecular flexibility index (Phi) is 5.61. The van der Waals surface area contributed by atoms with Crippen LogP contribution in [0.15, 0.2) is 65.6 Å². The number of carbonyl (C=O) groups is 1.